The molecule has 0 radical (unpaired) electrons. The quantitative estimate of drug-likeness (QED) is 0.793. The molecule has 1 amide bonds. The van der Waals surface area contributed by atoms with Gasteiger partial charge in [0.05, 0.1) is 22.3 Å². The van der Waals surface area contributed by atoms with Crippen molar-refractivity contribution in [3.05, 3.63) is 62.3 Å². The van der Waals surface area contributed by atoms with Gasteiger partial charge in [-0.15, -0.1) is 11.3 Å². The van der Waals surface area contributed by atoms with Gasteiger partial charge in [-0.3, -0.25) is 9.59 Å². The third-order valence-corrected chi connectivity index (χ3v) is 5.16. The molecule has 0 aliphatic carbocycles. The van der Waals surface area contributed by atoms with Crippen molar-refractivity contribution in [1.29, 1.82) is 0 Å². The molecule has 124 valence electrons. The first-order valence-corrected chi connectivity index (χ1v) is 8.59. The van der Waals surface area contributed by atoms with Crippen molar-refractivity contribution < 1.29 is 4.79 Å². The van der Waals surface area contributed by atoms with Crippen LogP contribution in [0, 0.1) is 13.8 Å². The molecule has 1 aromatic carbocycles. The van der Waals surface area contributed by atoms with E-state index < -0.39 is 0 Å². The van der Waals surface area contributed by atoms with Crippen molar-refractivity contribution >= 4 is 28.1 Å². The largest absolute Gasteiger partial charge is 0.347 e. The molecule has 2 heterocycles. The second-order valence-corrected chi connectivity index (χ2v) is 7.03. The number of nitrogens with zero attached hydrogens (tertiary/aromatic N) is 2. The Hall–Kier alpha value is -2.47. The fraction of sp³-hybridized carbons (Fsp3) is 0.278. The standard InChI is InChI=1S/C18H19N3O2S/c1-11-18(24-13(3)19-11)12(2)20-17(23)10-21-9-8-16(22)14-6-4-5-7-15(14)21/h4-9,12H,10H2,1-3H3,(H,20,23)/t12-/m1/s1. The van der Waals surface area contributed by atoms with E-state index in [9.17, 15) is 9.59 Å². The van der Waals surface area contributed by atoms with Gasteiger partial charge in [-0.1, -0.05) is 12.1 Å². The summed E-state index contributed by atoms with van der Waals surface area (Å²) < 4.78 is 1.80. The molecule has 0 spiro atoms. The molecule has 0 aliphatic heterocycles. The van der Waals surface area contributed by atoms with Gasteiger partial charge in [0.25, 0.3) is 0 Å². The molecule has 0 fully saturated rings. The Morgan fingerprint density at radius 1 is 1.29 bits per heavy atom. The molecule has 0 saturated carbocycles. The number of carbonyl (C=O) groups excluding carboxylic acids is 1. The van der Waals surface area contributed by atoms with Crippen LogP contribution in [0.2, 0.25) is 0 Å². The summed E-state index contributed by atoms with van der Waals surface area (Å²) in [4.78, 5) is 29.8. The Morgan fingerprint density at radius 3 is 2.75 bits per heavy atom. The number of hydrogen-bond donors (Lipinski definition) is 1. The Morgan fingerprint density at radius 2 is 2.04 bits per heavy atom. The van der Waals surface area contributed by atoms with E-state index in [1.807, 2.05) is 39.0 Å². The van der Waals surface area contributed by atoms with E-state index in [2.05, 4.69) is 10.3 Å². The fourth-order valence-corrected chi connectivity index (χ4v) is 3.78. The second-order valence-electron chi connectivity index (χ2n) is 5.80. The van der Waals surface area contributed by atoms with Crippen LogP contribution in [0.1, 0.15) is 28.5 Å². The molecule has 5 nitrogen and oxygen atoms in total. The second kappa shape index (κ2) is 6.57. The molecule has 1 N–H and O–H groups in total. The Labute approximate surface area is 144 Å². The first-order chi connectivity index (χ1) is 11.5. The van der Waals surface area contributed by atoms with Crippen LogP contribution in [0.15, 0.2) is 41.3 Å². The Bertz CT molecular complexity index is 958. The highest BCUT2D eigenvalue weighted by Crippen LogP contribution is 2.24. The number of thiazole rings is 1. The van der Waals surface area contributed by atoms with Gasteiger partial charge in [-0.05, 0) is 32.9 Å². The molecule has 6 heteroatoms. The minimum Gasteiger partial charge on any atom is -0.347 e. The van der Waals surface area contributed by atoms with E-state index in [1.165, 1.54) is 6.07 Å². The molecule has 3 rings (SSSR count). The zero-order chi connectivity index (χ0) is 17.3. The summed E-state index contributed by atoms with van der Waals surface area (Å²) in [6.07, 6.45) is 1.66. The SMILES string of the molecule is Cc1nc(C)c([C@@H](C)NC(=O)Cn2ccc(=O)c3ccccc32)s1. The van der Waals surface area contributed by atoms with Crippen molar-refractivity contribution in [2.24, 2.45) is 0 Å². The van der Waals surface area contributed by atoms with Crippen LogP contribution in [0.3, 0.4) is 0 Å². The number of carbonyl (C=O) groups is 1. The van der Waals surface area contributed by atoms with Gasteiger partial charge in [0.15, 0.2) is 5.43 Å². The van der Waals surface area contributed by atoms with Crippen LogP contribution in [0.25, 0.3) is 10.9 Å². The van der Waals surface area contributed by atoms with E-state index in [0.29, 0.717) is 5.39 Å². The topological polar surface area (TPSA) is 64.0 Å². The third-order valence-electron chi connectivity index (χ3n) is 3.91. The highest BCUT2D eigenvalue weighted by molar-refractivity contribution is 7.11. The van der Waals surface area contributed by atoms with Crippen molar-refractivity contribution in [2.45, 2.75) is 33.4 Å². The van der Waals surface area contributed by atoms with E-state index in [4.69, 9.17) is 0 Å². The lowest BCUT2D eigenvalue weighted by Gasteiger charge is -2.15. The number of nitrogens with one attached hydrogen (secondary N) is 1. The smallest absolute Gasteiger partial charge is 0.240 e. The molecule has 0 saturated heterocycles. The molecule has 24 heavy (non-hydrogen) atoms. The van der Waals surface area contributed by atoms with E-state index in [0.717, 1.165) is 21.1 Å². The van der Waals surface area contributed by atoms with Crippen LogP contribution >= 0.6 is 11.3 Å². The number of aromatic nitrogens is 2. The fourth-order valence-electron chi connectivity index (χ4n) is 2.85. The molecule has 1 atom stereocenters. The van der Waals surface area contributed by atoms with Crippen LogP contribution in [-0.2, 0) is 11.3 Å². The highest BCUT2D eigenvalue weighted by atomic mass is 32.1. The predicted octanol–water partition coefficient (Wildman–Crippen LogP) is 2.95. The van der Waals surface area contributed by atoms with Crippen LogP contribution in [-0.4, -0.2) is 15.5 Å². The van der Waals surface area contributed by atoms with Crippen molar-refractivity contribution in [3.63, 3.8) is 0 Å². The zero-order valence-electron chi connectivity index (χ0n) is 13.9. The van der Waals surface area contributed by atoms with Gasteiger partial charge in [0, 0.05) is 22.5 Å². The summed E-state index contributed by atoms with van der Waals surface area (Å²) in [5, 5.41) is 4.63. The summed E-state index contributed by atoms with van der Waals surface area (Å²) in [6.45, 7) is 6.04. The Kier molecular flexibility index (Phi) is 4.49. The molecular weight excluding hydrogens is 322 g/mol. The minimum atomic E-state index is -0.0956. The maximum atomic E-state index is 12.4. The number of para-hydroxylation sites is 1. The third kappa shape index (κ3) is 3.23. The molecule has 0 bridgehead atoms. The number of pyridine rings is 1. The maximum absolute atomic E-state index is 12.4. The summed E-state index contributed by atoms with van der Waals surface area (Å²) in [5.74, 6) is -0.0956. The van der Waals surface area contributed by atoms with Crippen molar-refractivity contribution in [1.82, 2.24) is 14.9 Å². The Balaban J connectivity index is 1.79. The minimum absolute atomic E-state index is 0.0358. The molecule has 0 unspecified atom stereocenters. The number of benzene rings is 1. The molecular formula is C18H19N3O2S. The number of rotatable bonds is 4. The predicted molar refractivity (Wildman–Crippen MR) is 96.4 cm³/mol. The van der Waals surface area contributed by atoms with Crippen molar-refractivity contribution in [2.75, 3.05) is 0 Å². The van der Waals surface area contributed by atoms with Crippen LogP contribution < -0.4 is 10.7 Å². The van der Waals surface area contributed by atoms with Gasteiger partial charge in [0.1, 0.15) is 6.54 Å². The first-order valence-electron chi connectivity index (χ1n) is 7.77. The molecule has 3 aromatic rings. The summed E-state index contributed by atoms with van der Waals surface area (Å²) in [5.41, 5.74) is 1.68. The monoisotopic (exact) mass is 341 g/mol. The van der Waals surface area contributed by atoms with Gasteiger partial charge in [0.2, 0.25) is 5.91 Å². The number of amides is 1. The maximum Gasteiger partial charge on any atom is 0.240 e. The summed E-state index contributed by atoms with van der Waals surface area (Å²) >= 11 is 1.60. The van der Waals surface area contributed by atoms with Crippen LogP contribution in [0.4, 0.5) is 0 Å². The number of hydrogen-bond acceptors (Lipinski definition) is 4. The normalized spacial score (nSPS) is 12.3. The summed E-state index contributed by atoms with van der Waals surface area (Å²) in [7, 11) is 0. The van der Waals surface area contributed by atoms with Gasteiger partial charge < -0.3 is 9.88 Å². The van der Waals surface area contributed by atoms with E-state index in [1.54, 1.807) is 28.2 Å². The van der Waals surface area contributed by atoms with E-state index >= 15 is 0 Å². The van der Waals surface area contributed by atoms with Crippen LogP contribution in [0.5, 0.6) is 0 Å². The van der Waals surface area contributed by atoms with E-state index in [-0.39, 0.29) is 23.9 Å². The first kappa shape index (κ1) is 16.4. The van der Waals surface area contributed by atoms with Gasteiger partial charge in [-0.2, -0.15) is 0 Å². The molecule has 0 aliphatic rings. The van der Waals surface area contributed by atoms with Crippen molar-refractivity contribution in [3.8, 4) is 0 Å². The van der Waals surface area contributed by atoms with Gasteiger partial charge in [-0.25, -0.2) is 4.98 Å². The summed E-state index contributed by atoms with van der Waals surface area (Å²) in [6, 6.07) is 8.72. The highest BCUT2D eigenvalue weighted by Gasteiger charge is 2.16. The zero-order valence-corrected chi connectivity index (χ0v) is 14.7. The van der Waals surface area contributed by atoms with Gasteiger partial charge >= 0.3 is 0 Å². The lowest BCUT2D eigenvalue weighted by Crippen LogP contribution is -2.30. The molecule has 2 aromatic heterocycles. The lowest BCUT2D eigenvalue weighted by molar-refractivity contribution is -0.122. The lowest BCUT2D eigenvalue weighted by atomic mass is 10.2. The average molecular weight is 341 g/mol. The number of aryl methyl sites for hydroxylation is 2. The average Bonchev–Trinajstić information content (AvgIpc) is 2.89. The number of fused-ring (bicyclic) bond motifs is 1.